The Kier molecular flexibility index (Phi) is 8.13. The van der Waals surface area contributed by atoms with Gasteiger partial charge in [0, 0.05) is 26.5 Å². The molecule has 1 atom stereocenters. The minimum absolute atomic E-state index is 0.203. The highest BCUT2D eigenvalue weighted by atomic mass is 79.9. The molecule has 0 fully saturated rings. The molecule has 0 spiro atoms. The minimum Gasteiger partial charge on any atom is -0.477 e. The Labute approximate surface area is 129 Å². The van der Waals surface area contributed by atoms with E-state index in [1.807, 2.05) is 34.7 Å². The van der Waals surface area contributed by atoms with E-state index in [2.05, 4.69) is 26.6 Å². The zero-order valence-corrected chi connectivity index (χ0v) is 14.4. The van der Waals surface area contributed by atoms with E-state index in [0.717, 1.165) is 0 Å². The van der Waals surface area contributed by atoms with Crippen LogP contribution in [0.2, 0.25) is 0 Å². The maximum atomic E-state index is 11.5. The molecule has 0 aromatic rings. The molecule has 0 radical (unpaired) electrons. The molecule has 0 saturated carbocycles. The number of ether oxygens (including phenoxy) is 2. The summed E-state index contributed by atoms with van der Waals surface area (Å²) in [4.78, 5) is 13.3. The average molecular weight is 350 g/mol. The van der Waals surface area contributed by atoms with Crippen LogP contribution in [0.5, 0.6) is 0 Å². The maximum Gasteiger partial charge on any atom is 0.411 e. The maximum absolute atomic E-state index is 11.5. The Bertz CT molecular complexity index is 364. The number of nitrogens with one attached hydrogen (secondary N) is 2. The fourth-order valence-electron chi connectivity index (χ4n) is 1.01. The fourth-order valence-corrected chi connectivity index (χ4v) is 1.42. The van der Waals surface area contributed by atoms with Crippen LogP contribution < -0.4 is 10.6 Å². The van der Waals surface area contributed by atoms with Crippen LogP contribution >= 0.6 is 15.9 Å². The SMILES string of the molecule is CN/C=C\OC(C)N(C)/C(Br)=C\NC(=O)OC(C)(C)C. The fraction of sp³-hybridized carbons (Fsp3) is 0.615. The predicted octanol–water partition coefficient (Wildman–Crippen LogP) is 2.69. The summed E-state index contributed by atoms with van der Waals surface area (Å²) in [6, 6.07) is 0. The largest absolute Gasteiger partial charge is 0.477 e. The highest BCUT2D eigenvalue weighted by Gasteiger charge is 2.16. The lowest BCUT2D eigenvalue weighted by atomic mass is 10.2. The van der Waals surface area contributed by atoms with Gasteiger partial charge < -0.3 is 19.7 Å². The van der Waals surface area contributed by atoms with Gasteiger partial charge >= 0.3 is 6.09 Å². The lowest BCUT2D eigenvalue weighted by molar-refractivity contribution is 0.0488. The van der Waals surface area contributed by atoms with E-state index in [1.54, 1.807) is 24.4 Å². The Morgan fingerprint density at radius 3 is 2.50 bits per heavy atom. The molecular weight excluding hydrogens is 326 g/mol. The summed E-state index contributed by atoms with van der Waals surface area (Å²) in [6.07, 6.45) is 4.04. The molecule has 0 bridgehead atoms. The van der Waals surface area contributed by atoms with Gasteiger partial charge in [-0.3, -0.25) is 5.32 Å². The first-order valence-electron chi connectivity index (χ1n) is 6.23. The third-order valence-corrected chi connectivity index (χ3v) is 2.89. The molecule has 6 nitrogen and oxygen atoms in total. The molecule has 0 rings (SSSR count). The van der Waals surface area contributed by atoms with Crippen LogP contribution in [0, 0.1) is 0 Å². The summed E-state index contributed by atoms with van der Waals surface area (Å²) in [5.41, 5.74) is -0.523. The van der Waals surface area contributed by atoms with E-state index in [1.165, 1.54) is 6.20 Å². The molecule has 0 aliphatic heterocycles. The molecule has 0 saturated heterocycles. The third kappa shape index (κ3) is 8.68. The van der Waals surface area contributed by atoms with Crippen molar-refractivity contribution in [2.24, 2.45) is 0 Å². The summed E-state index contributed by atoms with van der Waals surface area (Å²) < 4.78 is 11.2. The summed E-state index contributed by atoms with van der Waals surface area (Å²) in [5, 5.41) is 5.37. The molecule has 1 amide bonds. The summed E-state index contributed by atoms with van der Waals surface area (Å²) >= 11 is 3.36. The number of carbonyl (C=O) groups is 1. The van der Waals surface area contributed by atoms with Gasteiger partial charge in [-0.1, -0.05) is 0 Å². The first-order valence-corrected chi connectivity index (χ1v) is 7.02. The number of hydrogen-bond acceptors (Lipinski definition) is 5. The Morgan fingerprint density at radius 1 is 1.40 bits per heavy atom. The normalized spacial score (nSPS) is 13.8. The Hall–Kier alpha value is -1.37. The Balaban J connectivity index is 4.35. The topological polar surface area (TPSA) is 62.8 Å². The minimum atomic E-state index is -0.523. The first-order chi connectivity index (χ1) is 9.17. The summed E-state index contributed by atoms with van der Waals surface area (Å²) in [5.74, 6) is 0. The van der Waals surface area contributed by atoms with Crippen molar-refractivity contribution >= 4 is 22.0 Å². The quantitative estimate of drug-likeness (QED) is 0.438. The predicted molar refractivity (Wildman–Crippen MR) is 82.9 cm³/mol. The monoisotopic (exact) mass is 349 g/mol. The van der Waals surface area contributed by atoms with Crippen molar-refractivity contribution < 1.29 is 14.3 Å². The number of nitrogens with zero attached hydrogens (tertiary/aromatic N) is 1. The van der Waals surface area contributed by atoms with Gasteiger partial charge in [-0.2, -0.15) is 0 Å². The second-order valence-electron chi connectivity index (χ2n) is 5.05. The second kappa shape index (κ2) is 8.73. The van der Waals surface area contributed by atoms with E-state index in [4.69, 9.17) is 9.47 Å². The number of halogens is 1. The van der Waals surface area contributed by atoms with Gasteiger partial charge in [0.15, 0.2) is 6.23 Å². The molecule has 2 N–H and O–H groups in total. The zero-order valence-electron chi connectivity index (χ0n) is 12.9. The lowest BCUT2D eigenvalue weighted by Crippen LogP contribution is -2.32. The molecule has 0 aromatic carbocycles. The van der Waals surface area contributed by atoms with E-state index >= 15 is 0 Å². The molecule has 20 heavy (non-hydrogen) atoms. The highest BCUT2D eigenvalue weighted by Crippen LogP contribution is 2.14. The lowest BCUT2D eigenvalue weighted by Gasteiger charge is -2.25. The molecule has 0 aromatic heterocycles. The van der Waals surface area contributed by atoms with Gasteiger partial charge in [0.2, 0.25) is 0 Å². The van der Waals surface area contributed by atoms with Crippen LogP contribution in [0.3, 0.4) is 0 Å². The van der Waals surface area contributed by atoms with Crippen molar-refractivity contribution in [3.05, 3.63) is 23.3 Å². The number of amides is 1. The van der Waals surface area contributed by atoms with Crippen LogP contribution in [0.1, 0.15) is 27.7 Å². The number of alkyl carbamates (subject to hydrolysis) is 1. The van der Waals surface area contributed by atoms with Gasteiger partial charge in [-0.25, -0.2) is 4.79 Å². The molecule has 116 valence electrons. The molecule has 1 unspecified atom stereocenters. The van der Waals surface area contributed by atoms with E-state index in [-0.39, 0.29) is 6.23 Å². The molecule has 0 heterocycles. The van der Waals surface area contributed by atoms with Crippen molar-refractivity contribution in [1.82, 2.24) is 15.5 Å². The number of carbonyl (C=O) groups excluding carboxylic acids is 1. The van der Waals surface area contributed by atoms with Gasteiger partial charge in [-0.15, -0.1) is 0 Å². The van der Waals surface area contributed by atoms with E-state index in [9.17, 15) is 4.79 Å². The standard InChI is InChI=1S/C13H24BrN3O3/c1-10(19-8-7-15-5)17(6)11(14)9-16-12(18)20-13(2,3)4/h7-10,15H,1-6H3,(H,16,18)/b8-7-,11-9-. The second-order valence-corrected chi connectivity index (χ2v) is 5.86. The van der Waals surface area contributed by atoms with Crippen LogP contribution in [0.25, 0.3) is 0 Å². The van der Waals surface area contributed by atoms with Gasteiger partial charge in [-0.05, 0) is 43.6 Å². The zero-order chi connectivity index (χ0) is 15.8. The smallest absolute Gasteiger partial charge is 0.411 e. The molecule has 0 aliphatic rings. The highest BCUT2D eigenvalue weighted by molar-refractivity contribution is 9.11. The van der Waals surface area contributed by atoms with Crippen LogP contribution in [0.15, 0.2) is 23.3 Å². The molecule has 7 heteroatoms. The van der Waals surface area contributed by atoms with Gasteiger partial charge in [0.25, 0.3) is 0 Å². The van der Waals surface area contributed by atoms with Crippen molar-refractivity contribution in [3.63, 3.8) is 0 Å². The summed E-state index contributed by atoms with van der Waals surface area (Å²) in [6.45, 7) is 7.30. The van der Waals surface area contributed by atoms with Crippen LogP contribution in [-0.2, 0) is 9.47 Å². The van der Waals surface area contributed by atoms with E-state index < -0.39 is 11.7 Å². The van der Waals surface area contributed by atoms with Crippen LogP contribution in [-0.4, -0.2) is 36.9 Å². The molecular formula is C13H24BrN3O3. The molecule has 0 aliphatic carbocycles. The average Bonchev–Trinajstić information content (AvgIpc) is 2.33. The van der Waals surface area contributed by atoms with Crippen molar-refractivity contribution in [2.75, 3.05) is 14.1 Å². The van der Waals surface area contributed by atoms with Crippen molar-refractivity contribution in [3.8, 4) is 0 Å². The van der Waals surface area contributed by atoms with E-state index in [0.29, 0.717) is 4.61 Å². The third-order valence-electron chi connectivity index (χ3n) is 2.10. The summed E-state index contributed by atoms with van der Waals surface area (Å²) in [7, 11) is 3.62. The number of rotatable bonds is 6. The van der Waals surface area contributed by atoms with Gasteiger partial charge in [0.05, 0.1) is 4.61 Å². The van der Waals surface area contributed by atoms with Crippen molar-refractivity contribution in [1.29, 1.82) is 0 Å². The van der Waals surface area contributed by atoms with Crippen molar-refractivity contribution in [2.45, 2.75) is 39.5 Å². The van der Waals surface area contributed by atoms with Gasteiger partial charge in [0.1, 0.15) is 11.9 Å². The van der Waals surface area contributed by atoms with Crippen LogP contribution in [0.4, 0.5) is 4.79 Å². The first kappa shape index (κ1) is 18.6. The Morgan fingerprint density at radius 2 is 2.00 bits per heavy atom. The number of hydrogen-bond donors (Lipinski definition) is 2.